The van der Waals surface area contributed by atoms with Crippen LogP contribution >= 0.6 is 11.3 Å². The minimum Gasteiger partial charge on any atom is -0.508 e. The summed E-state index contributed by atoms with van der Waals surface area (Å²) in [6, 6.07) is 16.7. The fourth-order valence-corrected chi connectivity index (χ4v) is 5.87. The zero-order valence-corrected chi connectivity index (χ0v) is 18.7. The van der Waals surface area contributed by atoms with E-state index < -0.39 is 5.97 Å². The molecule has 7 heteroatoms. The quantitative estimate of drug-likeness (QED) is 0.592. The van der Waals surface area contributed by atoms with E-state index in [-0.39, 0.29) is 18.2 Å². The summed E-state index contributed by atoms with van der Waals surface area (Å²) in [7, 11) is 0. The lowest BCUT2D eigenvalue weighted by Crippen LogP contribution is -2.51. The van der Waals surface area contributed by atoms with Gasteiger partial charge in [-0.05, 0) is 42.6 Å². The summed E-state index contributed by atoms with van der Waals surface area (Å²) >= 11 is 1.47. The number of carbonyl (C=O) groups is 1. The topological polar surface area (TPSA) is 76.9 Å². The maximum absolute atomic E-state index is 11.0. The van der Waals surface area contributed by atoms with E-state index in [2.05, 4.69) is 45.1 Å². The number of aromatic nitrogens is 1. The second-order valence-electron chi connectivity index (χ2n) is 8.66. The van der Waals surface area contributed by atoms with Gasteiger partial charge in [-0.25, -0.2) is 4.98 Å². The molecule has 1 unspecified atom stereocenters. The third-order valence-electron chi connectivity index (χ3n) is 6.53. The van der Waals surface area contributed by atoms with Crippen LogP contribution in [-0.2, 0) is 11.2 Å². The van der Waals surface area contributed by atoms with Gasteiger partial charge in [-0.3, -0.25) is 14.6 Å². The van der Waals surface area contributed by atoms with Gasteiger partial charge in [0, 0.05) is 36.6 Å². The molecule has 3 heterocycles. The number of aliphatic carboxylic acids is 1. The Bertz CT molecular complexity index is 1100. The van der Waals surface area contributed by atoms with Crippen LogP contribution in [0.1, 0.15) is 35.7 Å². The highest BCUT2D eigenvalue weighted by atomic mass is 32.1. The van der Waals surface area contributed by atoms with Crippen molar-refractivity contribution in [1.82, 2.24) is 14.8 Å². The number of benzene rings is 2. The van der Waals surface area contributed by atoms with Crippen molar-refractivity contribution < 1.29 is 15.0 Å². The van der Waals surface area contributed by atoms with E-state index in [9.17, 15) is 9.90 Å². The minimum atomic E-state index is -0.867. The van der Waals surface area contributed by atoms with Crippen LogP contribution in [0.3, 0.4) is 0 Å². The normalized spacial score (nSPS) is 20.2. The van der Waals surface area contributed by atoms with Crippen LogP contribution in [-0.4, -0.2) is 63.2 Å². The number of nitrogens with zero attached hydrogens (tertiary/aromatic N) is 3. The molecule has 32 heavy (non-hydrogen) atoms. The van der Waals surface area contributed by atoms with E-state index >= 15 is 0 Å². The molecule has 3 aromatic rings. The standard InChI is InChI=1S/C25H27N3O3S/c29-22-5-1-3-19(13-22)24(28-12-11-27-10-2-4-21(27)15-28)17-6-8-18(9-7-17)25-26-20(16-32-25)14-23(30)31/h1,3,5-9,13,16,21,24,29H,2,4,10-12,14-15H2,(H,30,31)/t21-,24?/m1/s1. The van der Waals surface area contributed by atoms with Crippen LogP contribution in [0.5, 0.6) is 5.75 Å². The number of hydrogen-bond acceptors (Lipinski definition) is 6. The Hall–Kier alpha value is -2.74. The molecule has 6 nitrogen and oxygen atoms in total. The molecule has 2 aliphatic heterocycles. The molecule has 2 N–H and O–H groups in total. The molecular weight excluding hydrogens is 422 g/mol. The first-order valence-corrected chi connectivity index (χ1v) is 12.0. The Kier molecular flexibility index (Phi) is 5.95. The maximum atomic E-state index is 11.0. The van der Waals surface area contributed by atoms with Crippen molar-refractivity contribution in [2.24, 2.45) is 0 Å². The second kappa shape index (κ2) is 9.02. The molecule has 2 aliphatic rings. The van der Waals surface area contributed by atoms with Crippen molar-refractivity contribution in [3.05, 3.63) is 70.7 Å². The summed E-state index contributed by atoms with van der Waals surface area (Å²) < 4.78 is 0. The van der Waals surface area contributed by atoms with Gasteiger partial charge in [0.2, 0.25) is 0 Å². The number of rotatable bonds is 6. The van der Waals surface area contributed by atoms with E-state index in [4.69, 9.17) is 5.11 Å². The summed E-state index contributed by atoms with van der Waals surface area (Å²) in [4.78, 5) is 20.6. The van der Waals surface area contributed by atoms with Crippen molar-refractivity contribution in [3.63, 3.8) is 0 Å². The van der Waals surface area contributed by atoms with Gasteiger partial charge >= 0.3 is 5.97 Å². The summed E-state index contributed by atoms with van der Waals surface area (Å²) in [5.74, 6) is -0.578. The number of phenolic OH excluding ortho intramolecular Hbond substituents is 1. The van der Waals surface area contributed by atoms with Gasteiger partial charge in [0.15, 0.2) is 0 Å². The van der Waals surface area contributed by atoms with Crippen LogP contribution < -0.4 is 0 Å². The molecule has 2 atom stereocenters. The van der Waals surface area contributed by atoms with E-state index in [0.29, 0.717) is 11.7 Å². The van der Waals surface area contributed by atoms with Gasteiger partial charge in [-0.2, -0.15) is 0 Å². The molecule has 166 valence electrons. The molecule has 1 aromatic heterocycles. The van der Waals surface area contributed by atoms with E-state index in [1.165, 1.54) is 36.3 Å². The fraction of sp³-hybridized carbons (Fsp3) is 0.360. The summed E-state index contributed by atoms with van der Waals surface area (Å²) in [6.07, 6.45) is 2.48. The van der Waals surface area contributed by atoms with Crippen LogP contribution in [0.4, 0.5) is 0 Å². The molecule has 2 saturated heterocycles. The molecule has 0 amide bonds. The second-order valence-corrected chi connectivity index (χ2v) is 9.52. The van der Waals surface area contributed by atoms with Gasteiger partial charge < -0.3 is 10.2 Å². The highest BCUT2D eigenvalue weighted by Gasteiger charge is 2.34. The van der Waals surface area contributed by atoms with Gasteiger partial charge in [0.1, 0.15) is 10.8 Å². The number of carboxylic acid groups (broad SMARTS) is 1. The number of aromatic hydroxyl groups is 1. The smallest absolute Gasteiger partial charge is 0.309 e. The van der Waals surface area contributed by atoms with Gasteiger partial charge in [-0.15, -0.1) is 11.3 Å². The molecule has 2 fully saturated rings. The lowest BCUT2D eigenvalue weighted by molar-refractivity contribution is -0.136. The van der Waals surface area contributed by atoms with Gasteiger partial charge in [0.05, 0.1) is 18.2 Å². The third-order valence-corrected chi connectivity index (χ3v) is 7.47. The van der Waals surface area contributed by atoms with Crippen molar-refractivity contribution in [3.8, 4) is 16.3 Å². The lowest BCUT2D eigenvalue weighted by Gasteiger charge is -2.42. The summed E-state index contributed by atoms with van der Waals surface area (Å²) in [5, 5.41) is 21.8. The molecule has 0 bridgehead atoms. The predicted octanol–water partition coefficient (Wildman–Crippen LogP) is 4.01. The Labute approximate surface area is 191 Å². The van der Waals surface area contributed by atoms with Crippen molar-refractivity contribution in [2.75, 3.05) is 26.2 Å². The van der Waals surface area contributed by atoms with Crippen LogP contribution in [0.2, 0.25) is 0 Å². The predicted molar refractivity (Wildman–Crippen MR) is 125 cm³/mol. The first-order valence-electron chi connectivity index (χ1n) is 11.1. The number of phenols is 1. The maximum Gasteiger partial charge on any atom is 0.309 e. The van der Waals surface area contributed by atoms with Gasteiger partial charge in [0.25, 0.3) is 0 Å². The summed E-state index contributed by atoms with van der Waals surface area (Å²) in [5.41, 5.74) is 3.87. The van der Waals surface area contributed by atoms with Crippen molar-refractivity contribution in [2.45, 2.75) is 31.3 Å². The van der Waals surface area contributed by atoms with E-state index in [1.54, 1.807) is 6.07 Å². The number of piperazine rings is 1. The molecular formula is C25H27N3O3S. The van der Waals surface area contributed by atoms with Crippen molar-refractivity contribution in [1.29, 1.82) is 0 Å². The molecule has 0 saturated carbocycles. The van der Waals surface area contributed by atoms with Gasteiger partial charge in [-0.1, -0.05) is 36.4 Å². The molecule has 0 aliphatic carbocycles. The Balaban J connectivity index is 1.43. The Morgan fingerprint density at radius 2 is 1.97 bits per heavy atom. The highest BCUT2D eigenvalue weighted by molar-refractivity contribution is 7.13. The molecule has 2 aromatic carbocycles. The van der Waals surface area contributed by atoms with Crippen LogP contribution in [0.25, 0.3) is 10.6 Å². The fourth-order valence-electron chi connectivity index (χ4n) is 5.04. The van der Waals surface area contributed by atoms with E-state index in [0.717, 1.165) is 35.8 Å². The molecule has 0 spiro atoms. The zero-order chi connectivity index (χ0) is 22.1. The highest BCUT2D eigenvalue weighted by Crippen LogP contribution is 2.35. The monoisotopic (exact) mass is 449 g/mol. The average Bonchev–Trinajstić information content (AvgIpc) is 3.43. The first-order chi connectivity index (χ1) is 15.6. The molecule has 0 radical (unpaired) electrons. The zero-order valence-electron chi connectivity index (χ0n) is 17.9. The SMILES string of the molecule is O=C(O)Cc1csc(-c2ccc(C(c3cccc(O)c3)N3CCN4CCC[C@@H]4C3)cc2)n1. The van der Waals surface area contributed by atoms with Crippen molar-refractivity contribution >= 4 is 17.3 Å². The largest absolute Gasteiger partial charge is 0.508 e. The number of thiazole rings is 1. The third kappa shape index (κ3) is 4.41. The van der Waals surface area contributed by atoms with Crippen LogP contribution in [0, 0.1) is 0 Å². The Morgan fingerprint density at radius 1 is 1.12 bits per heavy atom. The molecule has 5 rings (SSSR count). The average molecular weight is 450 g/mol. The minimum absolute atomic E-state index is 0.0543. The lowest BCUT2D eigenvalue weighted by atomic mass is 9.94. The van der Waals surface area contributed by atoms with Crippen LogP contribution in [0.15, 0.2) is 53.9 Å². The Morgan fingerprint density at radius 3 is 2.75 bits per heavy atom. The number of hydrogen-bond donors (Lipinski definition) is 2. The number of carboxylic acids is 1. The first kappa shape index (κ1) is 21.1. The van der Waals surface area contributed by atoms with E-state index in [1.807, 2.05) is 17.5 Å². The number of fused-ring (bicyclic) bond motifs is 1. The summed E-state index contributed by atoms with van der Waals surface area (Å²) in [6.45, 7) is 4.34.